The van der Waals surface area contributed by atoms with E-state index in [0.717, 1.165) is 0 Å². The molecule has 0 aliphatic rings. The zero-order valence-electron chi connectivity index (χ0n) is 17.7. The number of hydrogen-bond acceptors (Lipinski definition) is 3. The predicted octanol–water partition coefficient (Wildman–Crippen LogP) is 4.43. The van der Waals surface area contributed by atoms with Crippen LogP contribution in [-0.4, -0.2) is 79.6 Å². The number of alkyl halides is 17. The molecule has 1 N–H and O–H groups in total. The molecule has 0 aromatic heterocycles. The van der Waals surface area contributed by atoms with E-state index in [1.165, 1.54) is 19.6 Å². The minimum absolute atomic E-state index is 1.27. The van der Waals surface area contributed by atoms with Gasteiger partial charge < -0.3 is 9.45 Å². The molecule has 4 nitrogen and oxygen atoms in total. The Balaban J connectivity index is 0. The Morgan fingerprint density at radius 2 is 0.722 bits per heavy atom. The van der Waals surface area contributed by atoms with Crippen molar-refractivity contribution in [3.8, 4) is 0 Å². The zero-order chi connectivity index (χ0) is 30.2. The lowest BCUT2D eigenvalue weighted by Crippen LogP contribution is -3.11. The van der Waals surface area contributed by atoms with Gasteiger partial charge in [0.1, 0.15) is 0 Å². The van der Waals surface area contributed by atoms with Crippen LogP contribution in [0.2, 0.25) is 0 Å². The highest BCUT2D eigenvalue weighted by Gasteiger charge is 2.95. The molecule has 0 unspecified atom stereocenters. The van der Waals surface area contributed by atoms with E-state index in [1.807, 2.05) is 0 Å². The molecule has 0 radical (unpaired) electrons. The molecule has 0 bridgehead atoms. The number of hydrogen-bond donors (Lipinski definition) is 1. The first-order valence-electron chi connectivity index (χ1n) is 8.85. The van der Waals surface area contributed by atoms with Crippen molar-refractivity contribution >= 4 is 10.1 Å². The Morgan fingerprint density at radius 1 is 0.500 bits per heavy atom. The van der Waals surface area contributed by atoms with Crippen molar-refractivity contribution in [3.05, 3.63) is 0 Å². The summed E-state index contributed by atoms with van der Waals surface area (Å²) in [6, 6.07) is 0. The van der Waals surface area contributed by atoms with E-state index in [4.69, 9.17) is 0 Å². The van der Waals surface area contributed by atoms with Gasteiger partial charge in [0, 0.05) is 0 Å². The molecule has 22 heteroatoms. The fourth-order valence-corrected chi connectivity index (χ4v) is 2.50. The first-order chi connectivity index (χ1) is 15.3. The summed E-state index contributed by atoms with van der Waals surface area (Å²) in [6.07, 6.45) is -7.89. The Labute approximate surface area is 191 Å². The fraction of sp³-hybridized carbons (Fsp3) is 1.00. The molecule has 0 spiro atoms. The van der Waals surface area contributed by atoms with Crippen molar-refractivity contribution in [2.75, 3.05) is 19.6 Å². The van der Waals surface area contributed by atoms with Gasteiger partial charge in [0.25, 0.3) is 0 Å². The van der Waals surface area contributed by atoms with Crippen molar-refractivity contribution in [2.24, 2.45) is 0 Å². The lowest BCUT2D eigenvalue weighted by Gasteiger charge is -2.42. The van der Waals surface area contributed by atoms with Gasteiger partial charge in [-0.3, -0.25) is 0 Å². The monoisotopic (exact) mass is 601 g/mol. The second kappa shape index (κ2) is 10.4. The van der Waals surface area contributed by atoms with Crippen LogP contribution in [-0.2, 0) is 10.1 Å². The van der Waals surface area contributed by atoms with Crippen LogP contribution < -0.4 is 4.90 Å². The van der Waals surface area contributed by atoms with Gasteiger partial charge in [-0.2, -0.15) is 74.6 Å². The van der Waals surface area contributed by atoms with Gasteiger partial charge in [0.15, 0.2) is 10.1 Å². The van der Waals surface area contributed by atoms with Gasteiger partial charge in [-0.1, -0.05) is 0 Å². The third kappa shape index (κ3) is 5.58. The largest absolute Gasteiger partial charge is 0.743 e. The average molecular weight is 601 g/mol. The van der Waals surface area contributed by atoms with Crippen LogP contribution in [0.1, 0.15) is 20.8 Å². The van der Waals surface area contributed by atoms with Crippen LogP contribution >= 0.6 is 0 Å². The minimum atomic E-state index is -8.92. The minimum Gasteiger partial charge on any atom is -0.743 e. The molecule has 0 aromatic rings. The molecule has 0 heterocycles. The number of halogens is 17. The van der Waals surface area contributed by atoms with Gasteiger partial charge in [-0.05, 0) is 20.8 Å². The highest BCUT2D eigenvalue weighted by Crippen LogP contribution is 2.64. The summed E-state index contributed by atoms with van der Waals surface area (Å²) in [4.78, 5) is 1.68. The fourth-order valence-electron chi connectivity index (χ4n) is 2.06. The average Bonchev–Trinajstić information content (AvgIpc) is 2.67. The van der Waals surface area contributed by atoms with E-state index in [0.29, 0.717) is 0 Å². The van der Waals surface area contributed by atoms with Crippen molar-refractivity contribution < 1.29 is 92.5 Å². The Bertz CT molecular complexity index is 829. The summed E-state index contributed by atoms with van der Waals surface area (Å²) in [5.74, 6) is -52.1. The Hall–Kier alpha value is -1.32. The van der Waals surface area contributed by atoms with Crippen molar-refractivity contribution in [1.82, 2.24) is 0 Å². The summed E-state index contributed by atoms with van der Waals surface area (Å²) in [6.45, 7) is 10.5. The van der Waals surface area contributed by atoms with E-state index < -0.39 is 57.1 Å². The van der Waals surface area contributed by atoms with Crippen LogP contribution in [0.15, 0.2) is 0 Å². The van der Waals surface area contributed by atoms with Crippen LogP contribution in [0.5, 0.6) is 0 Å². The molecule has 0 aliphatic carbocycles. The maximum atomic E-state index is 13.0. The number of nitrogens with one attached hydrogen (secondary N) is 1. The number of rotatable bonds is 10. The quantitative estimate of drug-likeness (QED) is 0.298. The maximum Gasteiger partial charge on any atom is 0.460 e. The summed E-state index contributed by atoms with van der Waals surface area (Å²) in [5, 5.41) is -7.95. The molecule has 0 saturated carbocycles. The SMILES string of the molecule is CC[NH+](CC)CC.O=S(=O)([O-])C(F)(F)C(F)(F)C(F)(F)C(F)(F)C(F)(F)C(F)(F)C(F)(F)C(F)(F)F. The van der Waals surface area contributed by atoms with Crippen LogP contribution in [0, 0.1) is 0 Å². The summed E-state index contributed by atoms with van der Waals surface area (Å²) in [7, 11) is -8.14. The summed E-state index contributed by atoms with van der Waals surface area (Å²) in [5.41, 5.74) is 0. The molecule has 0 amide bonds. The lowest BCUT2D eigenvalue weighted by atomic mass is 9.91. The van der Waals surface area contributed by atoms with E-state index in [-0.39, 0.29) is 0 Å². The van der Waals surface area contributed by atoms with Gasteiger partial charge in [-0.25, -0.2) is 8.42 Å². The normalized spacial score (nSPS) is 15.6. The highest BCUT2D eigenvalue weighted by atomic mass is 32.2. The third-order valence-corrected chi connectivity index (χ3v) is 5.39. The van der Waals surface area contributed by atoms with Gasteiger partial charge in [-0.15, -0.1) is 0 Å². The molecule has 220 valence electrons. The Kier molecular flexibility index (Phi) is 10.7. The van der Waals surface area contributed by atoms with E-state index in [2.05, 4.69) is 20.8 Å². The molecule has 36 heavy (non-hydrogen) atoms. The third-order valence-electron chi connectivity index (χ3n) is 4.51. The zero-order valence-corrected chi connectivity index (χ0v) is 18.5. The molecule has 0 aromatic carbocycles. The standard InChI is InChI=1S/C8HF17O3S.C6H15N/c9-1(10,3(13,14)5(17,18)7(21,22)23)2(11,12)4(15,16)6(19,20)8(24,25)29(26,27)28;1-4-7(5-2)6-3/h(H,26,27,28);4-6H2,1-3H3. The van der Waals surface area contributed by atoms with Gasteiger partial charge in [0.2, 0.25) is 0 Å². The topological polar surface area (TPSA) is 61.6 Å². The first-order valence-corrected chi connectivity index (χ1v) is 10.3. The molecular formula is C14H16F17NO3S. The highest BCUT2D eigenvalue weighted by molar-refractivity contribution is 7.86. The Morgan fingerprint density at radius 3 is 0.889 bits per heavy atom. The molecule has 0 fully saturated rings. The predicted molar refractivity (Wildman–Crippen MR) is 83.0 cm³/mol. The first kappa shape index (κ1) is 36.8. The van der Waals surface area contributed by atoms with Crippen LogP contribution in [0.3, 0.4) is 0 Å². The molecule has 0 atom stereocenters. The maximum absolute atomic E-state index is 13.0. The van der Waals surface area contributed by atoms with E-state index in [1.54, 1.807) is 4.90 Å². The van der Waals surface area contributed by atoms with Crippen LogP contribution in [0.4, 0.5) is 74.6 Å². The second-order valence-electron chi connectivity index (χ2n) is 6.73. The molecule has 0 aliphatic heterocycles. The van der Waals surface area contributed by atoms with Gasteiger partial charge >= 0.3 is 47.0 Å². The smallest absolute Gasteiger partial charge is 0.460 e. The van der Waals surface area contributed by atoms with Crippen molar-refractivity contribution in [2.45, 2.75) is 67.7 Å². The summed E-state index contributed by atoms with van der Waals surface area (Å²) < 4.78 is 244. The lowest BCUT2D eigenvalue weighted by molar-refractivity contribution is -0.894. The molecular weight excluding hydrogens is 585 g/mol. The van der Waals surface area contributed by atoms with Crippen LogP contribution in [0.25, 0.3) is 0 Å². The second-order valence-corrected chi connectivity index (χ2v) is 8.15. The summed E-state index contributed by atoms with van der Waals surface area (Å²) >= 11 is 0. The molecule has 0 saturated heterocycles. The van der Waals surface area contributed by atoms with Crippen molar-refractivity contribution in [3.63, 3.8) is 0 Å². The van der Waals surface area contributed by atoms with E-state index in [9.17, 15) is 87.6 Å². The van der Waals surface area contributed by atoms with Crippen molar-refractivity contribution in [1.29, 1.82) is 0 Å². The van der Waals surface area contributed by atoms with Gasteiger partial charge in [0.05, 0.1) is 19.6 Å². The number of quaternary nitrogens is 1. The van der Waals surface area contributed by atoms with E-state index >= 15 is 0 Å². The molecule has 0 rings (SSSR count).